The van der Waals surface area contributed by atoms with E-state index in [0.717, 1.165) is 43.9 Å². The van der Waals surface area contributed by atoms with E-state index < -0.39 is 5.92 Å². The Balaban J connectivity index is 0.000000343. The minimum atomic E-state index is -2.29. The van der Waals surface area contributed by atoms with Gasteiger partial charge in [-0.3, -0.25) is 4.90 Å². The summed E-state index contributed by atoms with van der Waals surface area (Å²) in [6.07, 6.45) is 3.77. The summed E-state index contributed by atoms with van der Waals surface area (Å²) in [5.74, 6) is -0.955. The Labute approximate surface area is 173 Å². The van der Waals surface area contributed by atoms with Gasteiger partial charge >= 0.3 is 0 Å². The van der Waals surface area contributed by atoms with Crippen LogP contribution in [0.3, 0.4) is 0 Å². The highest BCUT2D eigenvalue weighted by Gasteiger charge is 2.53. The fourth-order valence-electron chi connectivity index (χ4n) is 4.28. The first-order valence-electron chi connectivity index (χ1n) is 10.6. The lowest BCUT2D eigenvalue weighted by Gasteiger charge is -2.44. The lowest BCUT2D eigenvalue weighted by Crippen LogP contribution is -2.47. The van der Waals surface area contributed by atoms with Crippen LogP contribution in [0.4, 0.5) is 8.78 Å². The predicted molar refractivity (Wildman–Crippen MR) is 110 cm³/mol. The third kappa shape index (κ3) is 5.40. The second kappa shape index (κ2) is 8.38. The van der Waals surface area contributed by atoms with Gasteiger partial charge in [-0.1, -0.05) is 6.92 Å². The summed E-state index contributed by atoms with van der Waals surface area (Å²) in [5.41, 5.74) is 2.74. The molecule has 0 spiro atoms. The zero-order valence-electron chi connectivity index (χ0n) is 18.6. The topological polar surface area (TPSA) is 30.9 Å². The van der Waals surface area contributed by atoms with Crippen molar-refractivity contribution in [3.63, 3.8) is 0 Å². The number of benzene rings is 1. The summed E-state index contributed by atoms with van der Waals surface area (Å²) >= 11 is 0. The van der Waals surface area contributed by atoms with Crippen molar-refractivity contribution in [2.24, 2.45) is 5.92 Å². The van der Waals surface area contributed by atoms with Gasteiger partial charge in [0.05, 0.1) is 25.9 Å². The molecule has 0 N–H and O–H groups in total. The van der Waals surface area contributed by atoms with E-state index in [0.29, 0.717) is 12.1 Å². The van der Waals surface area contributed by atoms with E-state index in [9.17, 15) is 8.78 Å². The number of piperidine rings is 1. The van der Waals surface area contributed by atoms with Crippen molar-refractivity contribution in [2.75, 3.05) is 27.3 Å². The van der Waals surface area contributed by atoms with Gasteiger partial charge in [-0.2, -0.15) is 0 Å². The van der Waals surface area contributed by atoms with Crippen LogP contribution in [0.2, 0.25) is 0 Å². The van der Waals surface area contributed by atoms with E-state index >= 15 is 0 Å². The van der Waals surface area contributed by atoms with Crippen LogP contribution in [-0.4, -0.2) is 49.8 Å². The SMILES string of the molecule is CC1CC1(F)F.COc1cc2c(cc1OC)C1CCC(OC(C)(C)C)CN1CC2. The van der Waals surface area contributed by atoms with Crippen LogP contribution < -0.4 is 9.47 Å². The molecule has 4 rings (SSSR count). The maximum Gasteiger partial charge on any atom is 0.251 e. The zero-order valence-corrected chi connectivity index (χ0v) is 18.6. The van der Waals surface area contributed by atoms with Gasteiger partial charge in [0, 0.05) is 31.5 Å². The molecule has 1 saturated carbocycles. The number of rotatable bonds is 3. The molecule has 2 heterocycles. The molecule has 1 aliphatic carbocycles. The molecule has 2 aliphatic heterocycles. The monoisotopic (exact) mass is 411 g/mol. The van der Waals surface area contributed by atoms with Crippen molar-refractivity contribution in [3.05, 3.63) is 23.3 Å². The first-order chi connectivity index (χ1) is 13.5. The number of hydrogen-bond acceptors (Lipinski definition) is 4. The number of fused-ring (bicyclic) bond motifs is 3. The van der Waals surface area contributed by atoms with Crippen LogP contribution in [0, 0.1) is 5.92 Å². The van der Waals surface area contributed by atoms with Crippen LogP contribution >= 0.6 is 0 Å². The number of alkyl halides is 2. The Bertz CT molecular complexity index is 717. The average Bonchev–Trinajstić information content (AvgIpc) is 3.22. The summed E-state index contributed by atoms with van der Waals surface area (Å²) < 4.78 is 40.2. The fraction of sp³-hybridized carbons (Fsp3) is 0.739. The van der Waals surface area contributed by atoms with Crippen LogP contribution in [0.5, 0.6) is 11.5 Å². The fourth-order valence-corrected chi connectivity index (χ4v) is 4.28. The number of hydrogen-bond donors (Lipinski definition) is 0. The summed E-state index contributed by atoms with van der Waals surface area (Å²) in [4.78, 5) is 2.58. The molecule has 1 aromatic carbocycles. The van der Waals surface area contributed by atoms with Crippen molar-refractivity contribution >= 4 is 0 Å². The lowest BCUT2D eigenvalue weighted by molar-refractivity contribution is -0.0971. The van der Waals surface area contributed by atoms with E-state index in [2.05, 4.69) is 37.8 Å². The summed E-state index contributed by atoms with van der Waals surface area (Å²) in [6.45, 7) is 10.1. The molecule has 6 heteroatoms. The summed E-state index contributed by atoms with van der Waals surface area (Å²) in [5, 5.41) is 0. The van der Waals surface area contributed by atoms with Gasteiger partial charge in [0.1, 0.15) is 0 Å². The second-order valence-electron chi connectivity index (χ2n) is 9.46. The highest BCUT2D eigenvalue weighted by Crippen LogP contribution is 2.47. The molecule has 164 valence electrons. The van der Waals surface area contributed by atoms with Crippen molar-refractivity contribution in [1.29, 1.82) is 0 Å². The molecule has 1 saturated heterocycles. The van der Waals surface area contributed by atoms with Crippen LogP contribution in [-0.2, 0) is 11.2 Å². The second-order valence-corrected chi connectivity index (χ2v) is 9.46. The van der Waals surface area contributed by atoms with Gasteiger partial charge in [0.2, 0.25) is 0 Å². The molecule has 3 unspecified atom stereocenters. The quantitative estimate of drug-likeness (QED) is 0.680. The van der Waals surface area contributed by atoms with E-state index in [1.165, 1.54) is 11.1 Å². The first kappa shape index (κ1) is 22.3. The average molecular weight is 412 g/mol. The molecule has 3 atom stereocenters. The smallest absolute Gasteiger partial charge is 0.251 e. The van der Waals surface area contributed by atoms with Gasteiger partial charge in [-0.15, -0.1) is 0 Å². The van der Waals surface area contributed by atoms with Gasteiger partial charge in [0.25, 0.3) is 5.92 Å². The number of nitrogens with zero attached hydrogens (tertiary/aromatic N) is 1. The van der Waals surface area contributed by atoms with Crippen molar-refractivity contribution in [3.8, 4) is 11.5 Å². The molecule has 1 aromatic rings. The van der Waals surface area contributed by atoms with E-state index in [1.54, 1.807) is 21.1 Å². The molecule has 0 aromatic heterocycles. The Morgan fingerprint density at radius 3 is 2.17 bits per heavy atom. The normalized spacial score (nSPS) is 27.8. The summed E-state index contributed by atoms with van der Waals surface area (Å²) in [6, 6.07) is 4.82. The van der Waals surface area contributed by atoms with Gasteiger partial charge < -0.3 is 14.2 Å². The molecule has 2 fully saturated rings. The predicted octanol–water partition coefficient (Wildman–Crippen LogP) is 5.24. The molecule has 29 heavy (non-hydrogen) atoms. The lowest BCUT2D eigenvalue weighted by atomic mass is 9.85. The molecule has 3 aliphatic rings. The molecule has 0 radical (unpaired) electrons. The number of methoxy groups -OCH3 is 2. The van der Waals surface area contributed by atoms with Crippen molar-refractivity contribution < 1.29 is 23.0 Å². The maximum absolute atomic E-state index is 11.5. The van der Waals surface area contributed by atoms with Gasteiger partial charge in [0.15, 0.2) is 11.5 Å². The third-order valence-corrected chi connectivity index (χ3v) is 5.97. The Kier molecular flexibility index (Phi) is 6.44. The number of halogens is 2. The largest absolute Gasteiger partial charge is 0.493 e. The maximum atomic E-state index is 11.5. The molecular formula is C23H35F2NO3. The van der Waals surface area contributed by atoms with Gasteiger partial charge in [-0.05, 0) is 63.3 Å². The minimum absolute atomic E-state index is 0.0677. The van der Waals surface area contributed by atoms with Crippen molar-refractivity contribution in [2.45, 2.75) is 77.0 Å². The molecule has 4 nitrogen and oxygen atoms in total. The van der Waals surface area contributed by atoms with E-state index in [-0.39, 0.29) is 17.9 Å². The van der Waals surface area contributed by atoms with E-state index in [4.69, 9.17) is 14.2 Å². The van der Waals surface area contributed by atoms with E-state index in [1.807, 2.05) is 0 Å². The Morgan fingerprint density at radius 2 is 1.66 bits per heavy atom. The highest BCUT2D eigenvalue weighted by molar-refractivity contribution is 5.49. The van der Waals surface area contributed by atoms with Crippen LogP contribution in [0.25, 0.3) is 0 Å². The molecular weight excluding hydrogens is 376 g/mol. The highest BCUT2D eigenvalue weighted by atomic mass is 19.3. The Hall–Kier alpha value is -1.40. The van der Waals surface area contributed by atoms with Gasteiger partial charge in [-0.25, -0.2) is 8.78 Å². The third-order valence-electron chi connectivity index (χ3n) is 5.97. The van der Waals surface area contributed by atoms with Crippen LogP contribution in [0.1, 0.15) is 64.1 Å². The zero-order chi connectivity index (χ0) is 21.4. The number of ether oxygens (including phenoxy) is 3. The summed E-state index contributed by atoms with van der Waals surface area (Å²) in [7, 11) is 3.41. The Morgan fingerprint density at radius 1 is 1.07 bits per heavy atom. The van der Waals surface area contributed by atoms with Crippen molar-refractivity contribution in [1.82, 2.24) is 4.90 Å². The standard InChI is InChI=1S/C19H29NO3.C4H6F2/c1-19(2,3)23-14-6-7-16-15-11-18(22-5)17(21-4)10-13(15)8-9-20(16)12-14;1-3-2-4(3,5)6/h10-11,14,16H,6-9,12H2,1-5H3;3H,2H2,1H3. The first-order valence-corrected chi connectivity index (χ1v) is 10.6. The van der Waals surface area contributed by atoms with Crippen LogP contribution in [0.15, 0.2) is 12.1 Å². The minimum Gasteiger partial charge on any atom is -0.493 e. The molecule has 0 bridgehead atoms. The molecule has 0 amide bonds.